The van der Waals surface area contributed by atoms with Gasteiger partial charge in [0.05, 0.1) is 13.2 Å². The molecule has 1 amide bonds. The number of hydrogen-bond acceptors (Lipinski definition) is 4. The molecule has 1 aliphatic heterocycles. The van der Waals surface area contributed by atoms with Crippen molar-refractivity contribution in [2.24, 2.45) is 5.92 Å². The second kappa shape index (κ2) is 6.74. The molecule has 0 radical (unpaired) electrons. The number of aliphatic hydroxyl groups is 1. The van der Waals surface area contributed by atoms with Gasteiger partial charge in [0.15, 0.2) is 0 Å². The minimum Gasteiger partial charge on any atom is -0.497 e. The van der Waals surface area contributed by atoms with Gasteiger partial charge < -0.3 is 19.5 Å². The van der Waals surface area contributed by atoms with Crippen LogP contribution in [0.15, 0.2) is 18.2 Å². The molecule has 0 saturated carbocycles. The third-order valence-corrected chi connectivity index (χ3v) is 3.85. The molecule has 23 heavy (non-hydrogen) atoms. The minimum absolute atomic E-state index is 0.217. The van der Waals surface area contributed by atoms with Crippen molar-refractivity contribution in [3.05, 3.63) is 29.6 Å². The lowest BCUT2D eigenvalue weighted by Gasteiger charge is -2.25. The predicted molar refractivity (Wildman–Crippen MR) is 83.8 cm³/mol. The third-order valence-electron chi connectivity index (χ3n) is 3.85. The number of halogens is 1. The maximum absolute atomic E-state index is 14.1. The van der Waals surface area contributed by atoms with E-state index in [1.807, 2.05) is 0 Å². The summed E-state index contributed by atoms with van der Waals surface area (Å²) in [7, 11) is 1.46. The fourth-order valence-corrected chi connectivity index (χ4v) is 2.67. The van der Waals surface area contributed by atoms with Crippen LogP contribution in [0.3, 0.4) is 0 Å². The Bertz CT molecular complexity index is 570. The number of hydrogen-bond donors (Lipinski definition) is 1. The van der Waals surface area contributed by atoms with Gasteiger partial charge >= 0.3 is 6.09 Å². The van der Waals surface area contributed by atoms with Crippen LogP contribution in [0, 0.1) is 11.7 Å². The summed E-state index contributed by atoms with van der Waals surface area (Å²) in [5.41, 5.74) is -0.336. The molecule has 1 N–H and O–H groups in total. The van der Waals surface area contributed by atoms with E-state index in [2.05, 4.69) is 0 Å². The van der Waals surface area contributed by atoms with E-state index >= 15 is 0 Å². The number of benzene rings is 1. The van der Waals surface area contributed by atoms with Crippen molar-refractivity contribution in [1.29, 1.82) is 0 Å². The molecule has 1 fully saturated rings. The Morgan fingerprint density at radius 3 is 2.70 bits per heavy atom. The first-order valence-corrected chi connectivity index (χ1v) is 7.70. The van der Waals surface area contributed by atoms with Gasteiger partial charge in [0, 0.05) is 30.6 Å². The van der Waals surface area contributed by atoms with Gasteiger partial charge in [-0.15, -0.1) is 0 Å². The second-order valence-corrected chi connectivity index (χ2v) is 6.81. The summed E-state index contributed by atoms with van der Waals surface area (Å²) in [5, 5.41) is 10.4. The molecule has 1 heterocycles. The second-order valence-electron chi connectivity index (χ2n) is 6.81. The van der Waals surface area contributed by atoms with Gasteiger partial charge in [-0.25, -0.2) is 9.18 Å². The van der Waals surface area contributed by atoms with Crippen molar-refractivity contribution >= 4 is 6.09 Å². The number of carbonyl (C=O) groups is 1. The van der Waals surface area contributed by atoms with E-state index in [0.29, 0.717) is 25.3 Å². The van der Waals surface area contributed by atoms with Crippen molar-refractivity contribution in [2.75, 3.05) is 20.2 Å². The Kier molecular flexibility index (Phi) is 5.14. The van der Waals surface area contributed by atoms with E-state index in [0.717, 1.165) is 0 Å². The van der Waals surface area contributed by atoms with Crippen LogP contribution in [0.1, 0.15) is 38.9 Å². The molecular weight excluding hydrogens is 301 g/mol. The van der Waals surface area contributed by atoms with Crippen LogP contribution in [0.2, 0.25) is 0 Å². The standard InChI is InChI=1S/C17H24FNO4/c1-17(2,3)23-16(21)19-8-7-11(10-19)15(20)13-6-5-12(22-4)9-14(13)18/h5-6,9,11,15,20H,7-8,10H2,1-4H3. The Hall–Kier alpha value is -1.82. The highest BCUT2D eigenvalue weighted by Crippen LogP contribution is 2.33. The first-order chi connectivity index (χ1) is 10.7. The van der Waals surface area contributed by atoms with Gasteiger partial charge in [-0.2, -0.15) is 0 Å². The number of ether oxygens (including phenoxy) is 2. The van der Waals surface area contributed by atoms with E-state index in [9.17, 15) is 14.3 Å². The number of likely N-dealkylation sites (tertiary alicyclic amines) is 1. The Balaban J connectivity index is 2.02. The van der Waals surface area contributed by atoms with Crippen LogP contribution in [-0.4, -0.2) is 41.9 Å². The Labute approximate surface area is 136 Å². The van der Waals surface area contributed by atoms with E-state index in [1.54, 1.807) is 31.7 Å². The van der Waals surface area contributed by atoms with Gasteiger partial charge in [0.25, 0.3) is 0 Å². The lowest BCUT2D eigenvalue weighted by molar-refractivity contribution is 0.0267. The molecule has 0 spiro atoms. The number of methoxy groups -OCH3 is 1. The van der Waals surface area contributed by atoms with Crippen molar-refractivity contribution < 1.29 is 23.8 Å². The topological polar surface area (TPSA) is 59.0 Å². The van der Waals surface area contributed by atoms with Gasteiger partial charge in [-0.1, -0.05) is 0 Å². The molecule has 0 bridgehead atoms. The normalized spacial score (nSPS) is 19.6. The molecule has 2 rings (SSSR count). The molecule has 128 valence electrons. The molecule has 1 aliphatic rings. The maximum atomic E-state index is 14.1. The van der Waals surface area contributed by atoms with E-state index in [-0.39, 0.29) is 11.5 Å². The van der Waals surface area contributed by atoms with Crippen LogP contribution >= 0.6 is 0 Å². The summed E-state index contributed by atoms with van der Waals surface area (Å²) in [6, 6.07) is 4.39. The van der Waals surface area contributed by atoms with Crippen LogP contribution < -0.4 is 4.74 Å². The van der Waals surface area contributed by atoms with Gasteiger partial charge in [0.2, 0.25) is 0 Å². The van der Waals surface area contributed by atoms with E-state index in [4.69, 9.17) is 9.47 Å². The summed E-state index contributed by atoms with van der Waals surface area (Å²) in [6.07, 6.45) is -0.762. The molecule has 2 unspecified atom stereocenters. The van der Waals surface area contributed by atoms with Crippen LogP contribution in [0.5, 0.6) is 5.75 Å². The zero-order valence-electron chi connectivity index (χ0n) is 14.0. The smallest absolute Gasteiger partial charge is 0.410 e. The SMILES string of the molecule is COc1ccc(C(O)C2CCN(C(=O)OC(C)(C)C)C2)c(F)c1. The Morgan fingerprint density at radius 1 is 1.43 bits per heavy atom. The van der Waals surface area contributed by atoms with Crippen molar-refractivity contribution in [3.8, 4) is 5.75 Å². The zero-order valence-corrected chi connectivity index (χ0v) is 14.0. The lowest BCUT2D eigenvalue weighted by atomic mass is 9.94. The molecule has 1 aromatic carbocycles. The first-order valence-electron chi connectivity index (χ1n) is 7.70. The molecule has 1 saturated heterocycles. The average molecular weight is 325 g/mol. The molecule has 5 nitrogen and oxygen atoms in total. The number of rotatable bonds is 3. The Morgan fingerprint density at radius 2 is 2.13 bits per heavy atom. The minimum atomic E-state index is -0.964. The highest BCUT2D eigenvalue weighted by Gasteiger charge is 2.34. The van der Waals surface area contributed by atoms with Crippen LogP contribution in [0.25, 0.3) is 0 Å². The molecule has 2 atom stereocenters. The van der Waals surface area contributed by atoms with Gasteiger partial charge in [-0.3, -0.25) is 0 Å². The monoisotopic (exact) mass is 325 g/mol. The summed E-state index contributed by atoms with van der Waals surface area (Å²) in [5.74, 6) is -0.321. The number of aliphatic hydroxyl groups excluding tert-OH is 1. The molecule has 1 aromatic rings. The van der Waals surface area contributed by atoms with Gasteiger partial charge in [-0.05, 0) is 39.3 Å². The highest BCUT2D eigenvalue weighted by molar-refractivity contribution is 5.68. The number of nitrogens with zero attached hydrogens (tertiary/aromatic N) is 1. The van der Waals surface area contributed by atoms with Crippen molar-refractivity contribution in [1.82, 2.24) is 4.90 Å². The highest BCUT2D eigenvalue weighted by atomic mass is 19.1. The zero-order chi connectivity index (χ0) is 17.2. The number of carbonyl (C=O) groups excluding carboxylic acids is 1. The summed E-state index contributed by atoms with van der Waals surface area (Å²) < 4.78 is 24.4. The van der Waals surface area contributed by atoms with Crippen molar-refractivity contribution in [3.63, 3.8) is 0 Å². The average Bonchev–Trinajstić information content (AvgIpc) is 2.94. The quantitative estimate of drug-likeness (QED) is 0.927. The fourth-order valence-electron chi connectivity index (χ4n) is 2.67. The summed E-state index contributed by atoms with van der Waals surface area (Å²) in [6.45, 7) is 6.26. The molecule has 6 heteroatoms. The maximum Gasteiger partial charge on any atom is 0.410 e. The fraction of sp³-hybridized carbons (Fsp3) is 0.588. The third kappa shape index (κ3) is 4.34. The largest absolute Gasteiger partial charge is 0.497 e. The first kappa shape index (κ1) is 17.5. The molecule has 0 aliphatic carbocycles. The van der Waals surface area contributed by atoms with E-state index in [1.165, 1.54) is 19.2 Å². The summed E-state index contributed by atoms with van der Waals surface area (Å²) >= 11 is 0. The van der Waals surface area contributed by atoms with E-state index < -0.39 is 23.6 Å². The summed E-state index contributed by atoms with van der Waals surface area (Å²) in [4.78, 5) is 13.6. The van der Waals surface area contributed by atoms with Crippen LogP contribution in [0.4, 0.5) is 9.18 Å². The van der Waals surface area contributed by atoms with Crippen LogP contribution in [-0.2, 0) is 4.74 Å². The molecule has 0 aromatic heterocycles. The van der Waals surface area contributed by atoms with Crippen molar-refractivity contribution in [2.45, 2.75) is 38.9 Å². The van der Waals surface area contributed by atoms with Gasteiger partial charge in [0.1, 0.15) is 17.2 Å². The lowest BCUT2D eigenvalue weighted by Crippen LogP contribution is -2.35. The predicted octanol–water partition coefficient (Wildman–Crippen LogP) is 3.12. The molecular formula is C17H24FNO4. The number of amides is 1.